The highest BCUT2D eigenvalue weighted by Crippen LogP contribution is 2.21. The number of esters is 1. The lowest BCUT2D eigenvalue weighted by Gasteiger charge is -2.28. The van der Waals surface area contributed by atoms with Crippen molar-refractivity contribution in [2.24, 2.45) is 5.92 Å². The Morgan fingerprint density at radius 3 is 2.39 bits per heavy atom. The Labute approximate surface area is 110 Å². The van der Waals surface area contributed by atoms with E-state index in [4.69, 9.17) is 4.74 Å². The van der Waals surface area contributed by atoms with Crippen LogP contribution < -0.4 is 0 Å². The van der Waals surface area contributed by atoms with Gasteiger partial charge in [-0.1, -0.05) is 44.2 Å². The van der Waals surface area contributed by atoms with Crippen LogP contribution in [0.1, 0.15) is 32.4 Å². The minimum atomic E-state index is -0.312. The Balaban J connectivity index is 2.91. The second-order valence-corrected chi connectivity index (χ2v) is 4.90. The Hall–Kier alpha value is -1.35. The maximum Gasteiger partial charge on any atom is 0.327 e. The van der Waals surface area contributed by atoms with E-state index in [1.54, 1.807) is 0 Å². The van der Waals surface area contributed by atoms with Crippen LogP contribution in [-0.2, 0) is 9.53 Å². The van der Waals surface area contributed by atoms with Gasteiger partial charge in [0.05, 0.1) is 6.61 Å². The number of carbonyl (C=O) groups excluding carboxylic acids is 1. The third-order valence-corrected chi connectivity index (χ3v) is 2.72. The van der Waals surface area contributed by atoms with Gasteiger partial charge in [0.15, 0.2) is 0 Å². The molecule has 0 amide bonds. The lowest BCUT2D eigenvalue weighted by molar-refractivity contribution is -0.149. The first-order chi connectivity index (χ1) is 8.56. The van der Waals surface area contributed by atoms with Crippen LogP contribution in [0.15, 0.2) is 30.3 Å². The molecule has 0 N–H and O–H groups in total. The van der Waals surface area contributed by atoms with E-state index in [1.807, 2.05) is 44.3 Å². The number of nitrogens with zero attached hydrogens (tertiary/aromatic N) is 1. The monoisotopic (exact) mass is 249 g/mol. The van der Waals surface area contributed by atoms with Gasteiger partial charge in [-0.2, -0.15) is 0 Å². The predicted molar refractivity (Wildman–Crippen MR) is 73.3 cm³/mol. The number of benzene rings is 1. The van der Waals surface area contributed by atoms with Gasteiger partial charge in [-0.15, -0.1) is 0 Å². The summed E-state index contributed by atoms with van der Waals surface area (Å²) >= 11 is 0. The number of carbonyl (C=O) groups is 1. The lowest BCUT2D eigenvalue weighted by atomic mass is 10.0. The summed E-state index contributed by atoms with van der Waals surface area (Å²) in [5.41, 5.74) is 0.985. The number of hydrogen-bond acceptors (Lipinski definition) is 3. The van der Waals surface area contributed by atoms with Crippen LogP contribution in [0.3, 0.4) is 0 Å². The predicted octanol–water partition coefficient (Wildman–Crippen LogP) is 2.88. The van der Waals surface area contributed by atoms with Crippen LogP contribution in [-0.4, -0.2) is 31.1 Å². The van der Waals surface area contributed by atoms with Gasteiger partial charge >= 0.3 is 5.97 Å². The quantitative estimate of drug-likeness (QED) is 0.726. The lowest BCUT2D eigenvalue weighted by Crippen LogP contribution is -2.34. The summed E-state index contributed by atoms with van der Waals surface area (Å²) in [6.07, 6.45) is 0. The first-order valence-corrected chi connectivity index (χ1v) is 6.48. The van der Waals surface area contributed by atoms with Crippen molar-refractivity contribution in [2.75, 3.05) is 20.2 Å². The average molecular weight is 249 g/mol. The molecule has 1 aromatic rings. The van der Waals surface area contributed by atoms with Gasteiger partial charge in [-0.25, -0.2) is 4.79 Å². The second kappa shape index (κ2) is 7.17. The van der Waals surface area contributed by atoms with E-state index in [0.717, 1.165) is 12.1 Å². The standard InChI is InChI=1S/C15H23NO2/c1-5-18-15(17)14(16(4)11-12(2)3)13-9-7-6-8-10-13/h6-10,12,14H,5,11H2,1-4H3. The van der Waals surface area contributed by atoms with Gasteiger partial charge in [-0.05, 0) is 25.5 Å². The van der Waals surface area contributed by atoms with Crippen molar-refractivity contribution >= 4 is 5.97 Å². The molecule has 0 aliphatic heterocycles. The second-order valence-electron chi connectivity index (χ2n) is 4.90. The SMILES string of the molecule is CCOC(=O)C(c1ccccc1)N(C)CC(C)C. The van der Waals surface area contributed by atoms with Gasteiger partial charge in [0.1, 0.15) is 6.04 Å². The van der Waals surface area contributed by atoms with Crippen molar-refractivity contribution in [3.63, 3.8) is 0 Å². The van der Waals surface area contributed by atoms with E-state index in [0.29, 0.717) is 12.5 Å². The topological polar surface area (TPSA) is 29.5 Å². The maximum absolute atomic E-state index is 12.1. The molecule has 0 aromatic heterocycles. The fourth-order valence-corrected chi connectivity index (χ4v) is 2.11. The third-order valence-electron chi connectivity index (χ3n) is 2.72. The molecule has 0 aliphatic rings. The molecule has 1 aromatic carbocycles. The van der Waals surface area contributed by atoms with Crippen molar-refractivity contribution in [2.45, 2.75) is 26.8 Å². The van der Waals surface area contributed by atoms with Crippen molar-refractivity contribution in [3.05, 3.63) is 35.9 Å². The number of hydrogen-bond donors (Lipinski definition) is 0. The molecule has 0 bridgehead atoms. The molecule has 0 radical (unpaired) electrons. The van der Waals surface area contributed by atoms with Gasteiger partial charge < -0.3 is 4.74 Å². The fourth-order valence-electron chi connectivity index (χ4n) is 2.11. The van der Waals surface area contributed by atoms with Crippen LogP contribution >= 0.6 is 0 Å². The minimum absolute atomic E-state index is 0.174. The summed E-state index contributed by atoms with van der Waals surface area (Å²) in [6, 6.07) is 9.48. The Bertz CT molecular complexity index is 362. The van der Waals surface area contributed by atoms with Crippen molar-refractivity contribution < 1.29 is 9.53 Å². The zero-order valence-corrected chi connectivity index (χ0v) is 11.7. The molecule has 3 heteroatoms. The molecule has 1 rings (SSSR count). The summed E-state index contributed by atoms with van der Waals surface area (Å²) in [5, 5.41) is 0. The molecule has 0 saturated carbocycles. The largest absolute Gasteiger partial charge is 0.465 e. The zero-order chi connectivity index (χ0) is 13.5. The molecule has 0 heterocycles. The van der Waals surface area contributed by atoms with Gasteiger partial charge in [0.2, 0.25) is 0 Å². The molecule has 100 valence electrons. The normalized spacial score (nSPS) is 12.8. The Morgan fingerprint density at radius 1 is 1.28 bits per heavy atom. The van der Waals surface area contributed by atoms with Crippen LogP contribution in [0.2, 0.25) is 0 Å². The molecule has 0 fully saturated rings. The summed E-state index contributed by atoms with van der Waals surface area (Å²) in [4.78, 5) is 14.2. The Morgan fingerprint density at radius 2 is 1.89 bits per heavy atom. The molecule has 18 heavy (non-hydrogen) atoms. The van der Waals surface area contributed by atoms with Crippen LogP contribution in [0.5, 0.6) is 0 Å². The van der Waals surface area contributed by atoms with E-state index < -0.39 is 0 Å². The molecular weight excluding hydrogens is 226 g/mol. The van der Waals surface area contributed by atoms with Crippen molar-refractivity contribution in [3.8, 4) is 0 Å². The number of rotatable bonds is 6. The smallest absolute Gasteiger partial charge is 0.327 e. The highest BCUT2D eigenvalue weighted by atomic mass is 16.5. The van der Waals surface area contributed by atoms with Crippen LogP contribution in [0, 0.1) is 5.92 Å². The third kappa shape index (κ3) is 4.15. The summed E-state index contributed by atoms with van der Waals surface area (Å²) in [6.45, 7) is 7.39. The molecule has 0 spiro atoms. The van der Waals surface area contributed by atoms with E-state index in [2.05, 4.69) is 18.7 Å². The first kappa shape index (κ1) is 14.7. The van der Waals surface area contributed by atoms with Crippen molar-refractivity contribution in [1.82, 2.24) is 4.90 Å². The van der Waals surface area contributed by atoms with Crippen molar-refractivity contribution in [1.29, 1.82) is 0 Å². The maximum atomic E-state index is 12.1. The van der Waals surface area contributed by atoms with Gasteiger partial charge in [-0.3, -0.25) is 4.90 Å². The molecule has 3 nitrogen and oxygen atoms in total. The fraction of sp³-hybridized carbons (Fsp3) is 0.533. The highest BCUT2D eigenvalue weighted by molar-refractivity contribution is 5.77. The van der Waals surface area contributed by atoms with E-state index in [1.165, 1.54) is 0 Å². The summed E-state index contributed by atoms with van der Waals surface area (Å²) in [5.74, 6) is 0.336. The number of ether oxygens (including phenoxy) is 1. The summed E-state index contributed by atoms with van der Waals surface area (Å²) < 4.78 is 5.18. The molecule has 1 atom stereocenters. The van der Waals surface area contributed by atoms with E-state index in [-0.39, 0.29) is 12.0 Å². The molecule has 0 saturated heterocycles. The molecule has 1 unspecified atom stereocenters. The molecular formula is C15H23NO2. The number of likely N-dealkylation sites (N-methyl/N-ethyl adjacent to an activating group) is 1. The van der Waals surface area contributed by atoms with E-state index >= 15 is 0 Å². The van der Waals surface area contributed by atoms with Gasteiger partial charge in [0, 0.05) is 6.54 Å². The Kier molecular flexibility index (Phi) is 5.86. The van der Waals surface area contributed by atoms with E-state index in [9.17, 15) is 4.79 Å². The molecule has 0 aliphatic carbocycles. The zero-order valence-electron chi connectivity index (χ0n) is 11.7. The first-order valence-electron chi connectivity index (χ1n) is 6.48. The summed E-state index contributed by atoms with van der Waals surface area (Å²) in [7, 11) is 1.97. The minimum Gasteiger partial charge on any atom is -0.465 e. The highest BCUT2D eigenvalue weighted by Gasteiger charge is 2.26. The van der Waals surface area contributed by atoms with Gasteiger partial charge in [0.25, 0.3) is 0 Å². The van der Waals surface area contributed by atoms with Crippen LogP contribution in [0.4, 0.5) is 0 Å². The average Bonchev–Trinajstić information content (AvgIpc) is 2.30. The van der Waals surface area contributed by atoms with Crippen LogP contribution in [0.25, 0.3) is 0 Å².